The van der Waals surface area contributed by atoms with E-state index in [0.717, 1.165) is 5.56 Å². The molecule has 0 saturated heterocycles. The molecule has 1 aliphatic heterocycles. The highest BCUT2D eigenvalue weighted by Gasteiger charge is 2.37. The number of pyridine rings is 1. The molecule has 4 nitrogen and oxygen atoms in total. The van der Waals surface area contributed by atoms with Gasteiger partial charge in [-0.1, -0.05) is 30.3 Å². The molecule has 1 amide bonds. The van der Waals surface area contributed by atoms with Gasteiger partial charge >= 0.3 is 12.4 Å². The van der Waals surface area contributed by atoms with Crippen LogP contribution in [0.5, 0.6) is 5.88 Å². The lowest BCUT2D eigenvalue weighted by Crippen LogP contribution is -2.32. The van der Waals surface area contributed by atoms with Crippen molar-refractivity contribution in [2.24, 2.45) is 0 Å². The Morgan fingerprint density at radius 2 is 1.56 bits per heavy atom. The molecule has 4 rings (SSSR count). The lowest BCUT2D eigenvalue weighted by atomic mass is 9.99. The van der Waals surface area contributed by atoms with Crippen LogP contribution in [0.2, 0.25) is 0 Å². The average Bonchev–Trinajstić information content (AvgIpc) is 2.91. The number of carbonyl (C=O) groups excluding carboxylic acids is 1. The third-order valence-electron chi connectivity index (χ3n) is 5.35. The number of rotatable bonds is 3. The van der Waals surface area contributed by atoms with E-state index in [1.807, 2.05) is 30.3 Å². The monoisotopic (exact) mass is 480 g/mol. The molecule has 0 spiro atoms. The number of benzene rings is 2. The summed E-state index contributed by atoms with van der Waals surface area (Å²) >= 11 is 0. The molecule has 1 aliphatic rings. The number of aromatic nitrogens is 1. The second-order valence-electron chi connectivity index (χ2n) is 7.91. The first-order chi connectivity index (χ1) is 15.9. The minimum Gasteiger partial charge on any atom is -0.467 e. The van der Waals surface area contributed by atoms with Crippen molar-refractivity contribution in [3.8, 4) is 17.0 Å². The summed E-state index contributed by atoms with van der Waals surface area (Å²) < 4.78 is 85.1. The maximum absolute atomic E-state index is 13.3. The van der Waals surface area contributed by atoms with E-state index in [1.165, 1.54) is 4.90 Å². The van der Waals surface area contributed by atoms with Gasteiger partial charge in [0.15, 0.2) is 6.61 Å². The smallest absolute Gasteiger partial charge is 0.416 e. The summed E-state index contributed by atoms with van der Waals surface area (Å²) in [5.41, 5.74) is -0.488. The highest BCUT2D eigenvalue weighted by atomic mass is 19.4. The van der Waals surface area contributed by atoms with Crippen LogP contribution in [0, 0.1) is 6.92 Å². The number of carbonyl (C=O) groups is 1. The van der Waals surface area contributed by atoms with Gasteiger partial charge in [-0.25, -0.2) is 4.98 Å². The Bertz CT molecular complexity index is 1190. The van der Waals surface area contributed by atoms with Crippen molar-refractivity contribution in [3.63, 3.8) is 0 Å². The molecule has 0 bridgehead atoms. The Morgan fingerprint density at radius 3 is 2.15 bits per heavy atom. The van der Waals surface area contributed by atoms with Crippen molar-refractivity contribution < 1.29 is 35.9 Å². The topological polar surface area (TPSA) is 42.4 Å². The number of alkyl halides is 6. The lowest BCUT2D eigenvalue weighted by molar-refractivity contribution is -0.143. The normalized spacial score (nSPS) is 14.4. The molecule has 0 N–H and O–H groups in total. The Balaban J connectivity index is 1.75. The summed E-state index contributed by atoms with van der Waals surface area (Å²) in [6, 6.07) is 12.3. The fraction of sp³-hybridized carbons (Fsp3) is 0.250. The lowest BCUT2D eigenvalue weighted by Gasteiger charge is -2.23. The minimum atomic E-state index is -4.98. The first kappa shape index (κ1) is 23.6. The fourth-order valence-corrected chi connectivity index (χ4v) is 3.79. The van der Waals surface area contributed by atoms with Gasteiger partial charge in [0.25, 0.3) is 5.91 Å². The summed E-state index contributed by atoms with van der Waals surface area (Å²) in [6.45, 7) is 0.755. The van der Waals surface area contributed by atoms with E-state index in [0.29, 0.717) is 29.0 Å². The standard InChI is InChI=1S/C24H18F6N2O2/c1-14-7-19(16-5-3-2-4-6-16)20-12-32(21(33)13-34-22(20)31-14)11-15-8-17(23(25,26)27)10-18(9-15)24(28,29)30/h2-10H,11-13H2,1H3. The summed E-state index contributed by atoms with van der Waals surface area (Å²) in [5.74, 6) is -0.379. The van der Waals surface area contributed by atoms with Crippen molar-refractivity contribution >= 4 is 5.91 Å². The molecule has 34 heavy (non-hydrogen) atoms. The Kier molecular flexibility index (Phi) is 6.01. The first-order valence-electron chi connectivity index (χ1n) is 10.2. The number of halogens is 6. The molecule has 1 aromatic heterocycles. The van der Waals surface area contributed by atoms with E-state index in [4.69, 9.17) is 4.74 Å². The van der Waals surface area contributed by atoms with E-state index in [2.05, 4.69) is 4.98 Å². The average molecular weight is 480 g/mol. The molecule has 0 fully saturated rings. The number of ether oxygens (including phenoxy) is 1. The van der Waals surface area contributed by atoms with E-state index in [1.54, 1.807) is 13.0 Å². The maximum Gasteiger partial charge on any atom is 0.416 e. The van der Waals surface area contributed by atoms with Gasteiger partial charge in [0, 0.05) is 17.8 Å². The number of aryl methyl sites for hydroxylation is 1. The maximum atomic E-state index is 13.3. The number of nitrogens with zero attached hydrogens (tertiary/aromatic N) is 2. The summed E-state index contributed by atoms with van der Waals surface area (Å²) in [5, 5.41) is 0. The number of hydrogen-bond acceptors (Lipinski definition) is 3. The molecule has 10 heteroatoms. The van der Waals surface area contributed by atoms with Crippen LogP contribution in [0.25, 0.3) is 11.1 Å². The molecule has 2 aromatic carbocycles. The predicted molar refractivity (Wildman–Crippen MR) is 111 cm³/mol. The van der Waals surface area contributed by atoms with Crippen molar-refractivity contribution in [2.75, 3.05) is 6.61 Å². The van der Waals surface area contributed by atoms with Crippen molar-refractivity contribution in [1.29, 1.82) is 0 Å². The molecule has 0 unspecified atom stereocenters. The van der Waals surface area contributed by atoms with E-state index in [9.17, 15) is 31.1 Å². The molecule has 2 heterocycles. The molecule has 178 valence electrons. The van der Waals surface area contributed by atoms with Crippen LogP contribution in [-0.2, 0) is 30.2 Å². The zero-order valence-electron chi connectivity index (χ0n) is 17.8. The number of amides is 1. The Labute approximate surface area is 190 Å². The molecule has 0 atom stereocenters. The van der Waals surface area contributed by atoms with Crippen LogP contribution in [0.3, 0.4) is 0 Å². The summed E-state index contributed by atoms with van der Waals surface area (Å²) in [4.78, 5) is 18.2. The van der Waals surface area contributed by atoms with E-state index in [-0.39, 0.29) is 24.1 Å². The van der Waals surface area contributed by atoms with Crippen LogP contribution in [0.4, 0.5) is 26.3 Å². The van der Waals surface area contributed by atoms with Crippen molar-refractivity contribution in [1.82, 2.24) is 9.88 Å². The molecule has 3 aromatic rings. The van der Waals surface area contributed by atoms with Gasteiger partial charge in [0.2, 0.25) is 5.88 Å². The summed E-state index contributed by atoms with van der Waals surface area (Å²) in [6.07, 6.45) is -9.95. The van der Waals surface area contributed by atoms with Gasteiger partial charge in [0.1, 0.15) is 0 Å². The Morgan fingerprint density at radius 1 is 0.941 bits per heavy atom. The molecular weight excluding hydrogens is 462 g/mol. The first-order valence-corrected chi connectivity index (χ1v) is 10.2. The third kappa shape index (κ3) is 5.00. The number of hydrogen-bond donors (Lipinski definition) is 0. The van der Waals surface area contributed by atoms with Gasteiger partial charge in [-0.05, 0) is 47.9 Å². The van der Waals surface area contributed by atoms with Gasteiger partial charge in [-0.15, -0.1) is 0 Å². The van der Waals surface area contributed by atoms with Crippen LogP contribution >= 0.6 is 0 Å². The SMILES string of the molecule is Cc1cc(-c2ccccc2)c2c(n1)OCC(=O)N(Cc1cc(C(F)(F)F)cc(C(F)(F)F)c1)C2. The van der Waals surface area contributed by atoms with E-state index < -0.39 is 42.5 Å². The highest BCUT2D eigenvalue weighted by molar-refractivity contribution is 5.80. The Hall–Kier alpha value is -3.56. The fourth-order valence-electron chi connectivity index (χ4n) is 3.79. The second-order valence-corrected chi connectivity index (χ2v) is 7.91. The van der Waals surface area contributed by atoms with Crippen molar-refractivity contribution in [2.45, 2.75) is 32.4 Å². The molecular formula is C24H18F6N2O2. The third-order valence-corrected chi connectivity index (χ3v) is 5.35. The van der Waals surface area contributed by atoms with E-state index >= 15 is 0 Å². The van der Waals surface area contributed by atoms with Crippen LogP contribution in [0.1, 0.15) is 27.9 Å². The van der Waals surface area contributed by atoms with Crippen molar-refractivity contribution in [3.05, 3.63) is 82.5 Å². The van der Waals surface area contributed by atoms with Crippen LogP contribution in [-0.4, -0.2) is 22.4 Å². The minimum absolute atomic E-state index is 0.0619. The zero-order chi connectivity index (χ0) is 24.7. The quantitative estimate of drug-likeness (QED) is 0.431. The number of fused-ring (bicyclic) bond motifs is 1. The zero-order valence-corrected chi connectivity index (χ0v) is 17.8. The highest BCUT2D eigenvalue weighted by Crippen LogP contribution is 2.37. The van der Waals surface area contributed by atoms with Gasteiger partial charge in [-0.3, -0.25) is 4.79 Å². The predicted octanol–water partition coefficient (Wildman–Crippen LogP) is 6.02. The largest absolute Gasteiger partial charge is 0.467 e. The second kappa shape index (κ2) is 8.66. The molecule has 0 aliphatic carbocycles. The van der Waals surface area contributed by atoms with Crippen LogP contribution < -0.4 is 4.74 Å². The van der Waals surface area contributed by atoms with Gasteiger partial charge < -0.3 is 9.64 Å². The van der Waals surface area contributed by atoms with Gasteiger partial charge in [-0.2, -0.15) is 26.3 Å². The molecule has 0 radical (unpaired) electrons. The van der Waals surface area contributed by atoms with Gasteiger partial charge in [0.05, 0.1) is 17.7 Å². The summed E-state index contributed by atoms with van der Waals surface area (Å²) in [7, 11) is 0. The van der Waals surface area contributed by atoms with Crippen LogP contribution in [0.15, 0.2) is 54.6 Å². The molecule has 0 saturated carbocycles.